The van der Waals surface area contributed by atoms with Crippen molar-refractivity contribution in [2.45, 2.75) is 0 Å². The van der Waals surface area contributed by atoms with Gasteiger partial charge in [0.15, 0.2) is 5.15 Å². The van der Waals surface area contributed by atoms with Crippen LogP contribution in [0.2, 0.25) is 5.15 Å². The van der Waals surface area contributed by atoms with Gasteiger partial charge in [-0.05, 0) is 24.3 Å². The highest BCUT2D eigenvalue weighted by atomic mass is 35.5. The van der Waals surface area contributed by atoms with Crippen LogP contribution in [0.25, 0.3) is 0 Å². The Hall–Kier alpha value is -2.34. The maximum Gasteiger partial charge on any atom is 0.253 e. The zero-order valence-corrected chi connectivity index (χ0v) is 13.4. The van der Waals surface area contributed by atoms with Crippen molar-refractivity contribution in [3.63, 3.8) is 0 Å². The number of ether oxygens (including phenoxy) is 2. The van der Waals surface area contributed by atoms with E-state index >= 15 is 0 Å². The Morgan fingerprint density at radius 2 is 2.04 bits per heavy atom. The molecule has 1 aliphatic rings. The highest BCUT2D eigenvalue weighted by molar-refractivity contribution is 6.29. The number of hydrogen-bond acceptors (Lipinski definition) is 5. The van der Waals surface area contributed by atoms with E-state index in [0.717, 1.165) is 5.75 Å². The average molecular weight is 334 g/mol. The Labute approximate surface area is 139 Å². The molecule has 1 saturated heterocycles. The SMILES string of the molecule is COc1ccc(C(=O)N2CC(COc3cncc(Cl)n3)C2)cc1. The molecule has 3 rings (SSSR count). The molecule has 1 amide bonds. The molecule has 0 radical (unpaired) electrons. The number of nitrogens with zero attached hydrogens (tertiary/aromatic N) is 3. The molecule has 23 heavy (non-hydrogen) atoms. The Morgan fingerprint density at radius 1 is 1.30 bits per heavy atom. The number of hydrogen-bond donors (Lipinski definition) is 0. The van der Waals surface area contributed by atoms with Crippen LogP contribution in [-0.4, -0.2) is 47.6 Å². The summed E-state index contributed by atoms with van der Waals surface area (Å²) in [5.74, 6) is 1.45. The van der Waals surface area contributed by atoms with Gasteiger partial charge in [0.05, 0.1) is 26.1 Å². The van der Waals surface area contributed by atoms with Gasteiger partial charge in [0, 0.05) is 24.6 Å². The molecule has 0 N–H and O–H groups in total. The third kappa shape index (κ3) is 3.71. The van der Waals surface area contributed by atoms with Crippen LogP contribution in [0.3, 0.4) is 0 Å². The Kier molecular flexibility index (Phi) is 4.62. The fourth-order valence-electron chi connectivity index (χ4n) is 2.36. The van der Waals surface area contributed by atoms with Gasteiger partial charge in [0.2, 0.25) is 5.88 Å². The number of methoxy groups -OCH3 is 1. The van der Waals surface area contributed by atoms with E-state index < -0.39 is 0 Å². The molecule has 0 saturated carbocycles. The number of carbonyl (C=O) groups is 1. The molecule has 0 bridgehead atoms. The summed E-state index contributed by atoms with van der Waals surface area (Å²) in [5.41, 5.74) is 0.658. The zero-order valence-electron chi connectivity index (χ0n) is 12.6. The lowest BCUT2D eigenvalue weighted by Gasteiger charge is -2.38. The van der Waals surface area contributed by atoms with Gasteiger partial charge in [0.25, 0.3) is 5.91 Å². The van der Waals surface area contributed by atoms with Crippen LogP contribution >= 0.6 is 11.6 Å². The van der Waals surface area contributed by atoms with E-state index in [0.29, 0.717) is 36.3 Å². The molecule has 0 spiro atoms. The van der Waals surface area contributed by atoms with Gasteiger partial charge >= 0.3 is 0 Å². The number of benzene rings is 1. The van der Waals surface area contributed by atoms with Crippen LogP contribution in [0.15, 0.2) is 36.7 Å². The summed E-state index contributed by atoms with van der Waals surface area (Å²) < 4.78 is 10.6. The van der Waals surface area contributed by atoms with Gasteiger partial charge in [-0.3, -0.25) is 9.78 Å². The molecular weight excluding hydrogens is 318 g/mol. The van der Waals surface area contributed by atoms with Crippen LogP contribution in [0, 0.1) is 5.92 Å². The second-order valence-corrected chi connectivity index (χ2v) is 5.68. The average Bonchev–Trinajstić information content (AvgIpc) is 2.53. The number of halogens is 1. The first kappa shape index (κ1) is 15.6. The van der Waals surface area contributed by atoms with Crippen molar-refractivity contribution in [3.05, 3.63) is 47.4 Å². The first-order chi connectivity index (χ1) is 11.2. The topological polar surface area (TPSA) is 64.5 Å². The summed E-state index contributed by atoms with van der Waals surface area (Å²) in [4.78, 5) is 22.0. The minimum absolute atomic E-state index is 0.0199. The molecule has 1 fully saturated rings. The normalized spacial score (nSPS) is 14.3. The quantitative estimate of drug-likeness (QED) is 0.840. The molecule has 2 heterocycles. The second-order valence-electron chi connectivity index (χ2n) is 5.30. The van der Waals surface area contributed by atoms with Crippen LogP contribution in [-0.2, 0) is 0 Å². The van der Waals surface area contributed by atoms with Crippen molar-refractivity contribution in [2.75, 3.05) is 26.8 Å². The van der Waals surface area contributed by atoms with Crippen LogP contribution in [0.1, 0.15) is 10.4 Å². The molecular formula is C16H16ClN3O3. The Morgan fingerprint density at radius 3 is 2.70 bits per heavy atom. The summed E-state index contributed by atoms with van der Waals surface area (Å²) in [7, 11) is 1.60. The summed E-state index contributed by atoms with van der Waals surface area (Å²) in [5, 5.41) is 0.299. The maximum absolute atomic E-state index is 12.3. The van der Waals surface area contributed by atoms with Gasteiger partial charge in [0.1, 0.15) is 5.75 Å². The maximum atomic E-state index is 12.3. The number of rotatable bonds is 5. The summed E-state index contributed by atoms with van der Waals surface area (Å²) in [6, 6.07) is 7.11. The first-order valence-electron chi connectivity index (χ1n) is 7.19. The smallest absolute Gasteiger partial charge is 0.253 e. The third-order valence-electron chi connectivity index (χ3n) is 3.63. The minimum atomic E-state index is 0.0199. The molecule has 6 nitrogen and oxygen atoms in total. The van der Waals surface area contributed by atoms with E-state index in [1.807, 2.05) is 0 Å². The van der Waals surface area contributed by atoms with Gasteiger partial charge in [-0.25, -0.2) is 0 Å². The molecule has 7 heteroatoms. The first-order valence-corrected chi connectivity index (χ1v) is 7.57. The molecule has 1 aliphatic heterocycles. The number of likely N-dealkylation sites (tertiary alicyclic amines) is 1. The molecule has 1 aromatic heterocycles. The van der Waals surface area contributed by atoms with E-state index in [-0.39, 0.29) is 11.8 Å². The van der Waals surface area contributed by atoms with Gasteiger partial charge in [-0.1, -0.05) is 11.6 Å². The standard InChI is InChI=1S/C16H16ClN3O3/c1-22-13-4-2-12(3-5-13)16(21)20-8-11(9-20)10-23-15-7-18-6-14(17)19-15/h2-7,11H,8-10H2,1H3. The summed E-state index contributed by atoms with van der Waals surface area (Å²) in [6.07, 6.45) is 2.97. The van der Waals surface area contributed by atoms with Gasteiger partial charge < -0.3 is 14.4 Å². The molecule has 1 aromatic carbocycles. The van der Waals surface area contributed by atoms with E-state index in [1.165, 1.54) is 12.4 Å². The van der Waals surface area contributed by atoms with E-state index in [1.54, 1.807) is 36.3 Å². The van der Waals surface area contributed by atoms with Crippen molar-refractivity contribution in [3.8, 4) is 11.6 Å². The molecule has 120 valence electrons. The van der Waals surface area contributed by atoms with Gasteiger partial charge in [-0.2, -0.15) is 4.98 Å². The lowest BCUT2D eigenvalue weighted by molar-refractivity contribution is 0.0388. The lowest BCUT2D eigenvalue weighted by atomic mass is 10.00. The largest absolute Gasteiger partial charge is 0.497 e. The van der Waals surface area contributed by atoms with E-state index in [4.69, 9.17) is 21.1 Å². The molecule has 2 aromatic rings. The fraction of sp³-hybridized carbons (Fsp3) is 0.312. The van der Waals surface area contributed by atoms with Crippen molar-refractivity contribution in [1.82, 2.24) is 14.9 Å². The van der Waals surface area contributed by atoms with E-state index in [2.05, 4.69) is 9.97 Å². The molecule has 0 unspecified atom stereocenters. The molecule has 0 atom stereocenters. The van der Waals surface area contributed by atoms with Crippen LogP contribution < -0.4 is 9.47 Å². The Balaban J connectivity index is 1.47. The van der Waals surface area contributed by atoms with Crippen molar-refractivity contribution < 1.29 is 14.3 Å². The third-order valence-corrected chi connectivity index (χ3v) is 3.81. The predicted molar refractivity (Wildman–Crippen MR) is 84.9 cm³/mol. The zero-order chi connectivity index (χ0) is 16.2. The van der Waals surface area contributed by atoms with Crippen LogP contribution in [0.4, 0.5) is 0 Å². The molecule has 0 aliphatic carbocycles. The number of amides is 1. The second kappa shape index (κ2) is 6.83. The van der Waals surface area contributed by atoms with Crippen molar-refractivity contribution in [1.29, 1.82) is 0 Å². The Bertz CT molecular complexity index is 687. The minimum Gasteiger partial charge on any atom is -0.497 e. The van der Waals surface area contributed by atoms with Crippen molar-refractivity contribution >= 4 is 17.5 Å². The van der Waals surface area contributed by atoms with Crippen LogP contribution in [0.5, 0.6) is 11.6 Å². The van der Waals surface area contributed by atoms with Crippen molar-refractivity contribution in [2.24, 2.45) is 5.92 Å². The van der Waals surface area contributed by atoms with E-state index in [9.17, 15) is 4.79 Å². The lowest BCUT2D eigenvalue weighted by Crippen LogP contribution is -2.52. The predicted octanol–water partition coefficient (Wildman–Crippen LogP) is 2.29. The summed E-state index contributed by atoms with van der Waals surface area (Å²) >= 11 is 5.75. The highest BCUT2D eigenvalue weighted by Crippen LogP contribution is 2.21. The summed E-state index contributed by atoms with van der Waals surface area (Å²) in [6.45, 7) is 1.82. The highest BCUT2D eigenvalue weighted by Gasteiger charge is 2.31. The van der Waals surface area contributed by atoms with Gasteiger partial charge in [-0.15, -0.1) is 0 Å². The number of carbonyl (C=O) groups excluding carboxylic acids is 1. The number of aromatic nitrogens is 2. The fourth-order valence-corrected chi connectivity index (χ4v) is 2.50. The monoisotopic (exact) mass is 333 g/mol.